The standard InChI is InChI=1S/C24H21N3O5/c1-28-20-10-17-16(26-12-27-17)9-15(20)14-5-6-25-18-11-19(32-23(14)18)13-7-21(29-2)24(31-4)22(8-13)30-3/h5-12H,1-4H3,(H,26,27). The lowest BCUT2D eigenvalue weighted by atomic mass is 10.0. The molecule has 0 aliphatic heterocycles. The first kappa shape index (κ1) is 19.7. The molecule has 5 aromatic rings. The molecule has 0 radical (unpaired) electrons. The number of benzene rings is 2. The van der Waals surface area contributed by atoms with Gasteiger partial charge in [-0.05, 0) is 24.3 Å². The molecular weight excluding hydrogens is 410 g/mol. The number of imidazole rings is 1. The summed E-state index contributed by atoms with van der Waals surface area (Å²) >= 11 is 0. The molecule has 5 rings (SSSR count). The van der Waals surface area contributed by atoms with Crippen molar-refractivity contribution in [2.24, 2.45) is 0 Å². The minimum atomic E-state index is 0.520. The molecule has 8 nitrogen and oxygen atoms in total. The van der Waals surface area contributed by atoms with Crippen molar-refractivity contribution < 1.29 is 23.4 Å². The van der Waals surface area contributed by atoms with Crippen molar-refractivity contribution in [3.63, 3.8) is 0 Å². The van der Waals surface area contributed by atoms with Gasteiger partial charge in [-0.25, -0.2) is 4.98 Å². The Hall–Kier alpha value is -4.20. The Morgan fingerprint density at radius 2 is 1.50 bits per heavy atom. The summed E-state index contributed by atoms with van der Waals surface area (Å²) in [7, 11) is 6.37. The zero-order valence-corrected chi connectivity index (χ0v) is 18.1. The monoisotopic (exact) mass is 431 g/mol. The molecular formula is C24H21N3O5. The highest BCUT2D eigenvalue weighted by Gasteiger charge is 2.19. The number of furan rings is 1. The topological polar surface area (TPSA) is 91.6 Å². The van der Waals surface area contributed by atoms with Crippen LogP contribution < -0.4 is 18.9 Å². The maximum Gasteiger partial charge on any atom is 0.203 e. The number of nitrogens with zero attached hydrogens (tertiary/aromatic N) is 2. The highest BCUT2D eigenvalue weighted by atomic mass is 16.5. The number of nitrogens with one attached hydrogen (secondary N) is 1. The first-order valence-electron chi connectivity index (χ1n) is 9.87. The minimum Gasteiger partial charge on any atom is -0.496 e. The number of aromatic nitrogens is 3. The van der Waals surface area contributed by atoms with E-state index in [1.54, 1.807) is 41.0 Å². The normalized spacial score (nSPS) is 11.1. The van der Waals surface area contributed by atoms with E-state index in [9.17, 15) is 0 Å². The van der Waals surface area contributed by atoms with Gasteiger partial charge >= 0.3 is 0 Å². The van der Waals surface area contributed by atoms with Crippen molar-refractivity contribution in [2.45, 2.75) is 0 Å². The van der Waals surface area contributed by atoms with E-state index in [4.69, 9.17) is 23.4 Å². The molecule has 3 heterocycles. The highest BCUT2D eigenvalue weighted by Crippen LogP contribution is 2.43. The lowest BCUT2D eigenvalue weighted by Crippen LogP contribution is -1.95. The van der Waals surface area contributed by atoms with Gasteiger partial charge in [0.05, 0.1) is 45.8 Å². The van der Waals surface area contributed by atoms with E-state index in [0.717, 1.165) is 33.2 Å². The second-order valence-electron chi connectivity index (χ2n) is 7.07. The summed E-state index contributed by atoms with van der Waals surface area (Å²) in [5.74, 6) is 2.93. The van der Waals surface area contributed by atoms with E-state index in [-0.39, 0.29) is 0 Å². The molecule has 3 aromatic heterocycles. The largest absolute Gasteiger partial charge is 0.496 e. The van der Waals surface area contributed by atoms with Gasteiger partial charge in [-0.15, -0.1) is 0 Å². The molecule has 0 aliphatic rings. The van der Waals surface area contributed by atoms with Gasteiger partial charge in [0.25, 0.3) is 0 Å². The summed E-state index contributed by atoms with van der Waals surface area (Å²) in [6.07, 6.45) is 3.41. The number of fused-ring (bicyclic) bond motifs is 2. The van der Waals surface area contributed by atoms with Crippen molar-refractivity contribution in [1.29, 1.82) is 0 Å². The molecule has 0 atom stereocenters. The third-order valence-electron chi connectivity index (χ3n) is 5.39. The number of ether oxygens (including phenoxy) is 4. The van der Waals surface area contributed by atoms with E-state index in [0.29, 0.717) is 34.3 Å². The van der Waals surface area contributed by atoms with Crippen LogP contribution in [0.1, 0.15) is 0 Å². The number of pyridine rings is 1. The summed E-state index contributed by atoms with van der Waals surface area (Å²) in [5.41, 5.74) is 5.62. The number of rotatable bonds is 6. The number of H-pyrrole nitrogens is 1. The first-order valence-corrected chi connectivity index (χ1v) is 9.87. The van der Waals surface area contributed by atoms with Crippen LogP contribution in [-0.4, -0.2) is 43.4 Å². The Labute approximate surface area is 183 Å². The Bertz CT molecular complexity index is 1410. The molecule has 0 unspecified atom stereocenters. The SMILES string of the molecule is COc1cc2nc[nH]c2cc1-c1ccnc2cc(-c3cc(OC)c(OC)c(OC)c3)oc12. The van der Waals surface area contributed by atoms with Crippen LogP contribution in [0.5, 0.6) is 23.0 Å². The van der Waals surface area contributed by atoms with E-state index < -0.39 is 0 Å². The summed E-state index contributed by atoms with van der Waals surface area (Å²) in [6.45, 7) is 0. The van der Waals surface area contributed by atoms with Crippen LogP contribution in [0.4, 0.5) is 0 Å². The average molecular weight is 431 g/mol. The van der Waals surface area contributed by atoms with Crippen molar-refractivity contribution in [1.82, 2.24) is 15.0 Å². The van der Waals surface area contributed by atoms with Crippen molar-refractivity contribution in [3.8, 4) is 45.4 Å². The Balaban J connectivity index is 1.70. The molecule has 8 heteroatoms. The van der Waals surface area contributed by atoms with E-state index in [1.165, 1.54) is 0 Å². The summed E-state index contributed by atoms with van der Waals surface area (Å²) in [5, 5.41) is 0. The molecule has 0 aliphatic carbocycles. The van der Waals surface area contributed by atoms with E-state index >= 15 is 0 Å². The fourth-order valence-electron chi connectivity index (χ4n) is 3.86. The van der Waals surface area contributed by atoms with Gasteiger partial charge in [-0.2, -0.15) is 0 Å². The Morgan fingerprint density at radius 3 is 2.19 bits per heavy atom. The molecule has 0 spiro atoms. The maximum atomic E-state index is 6.31. The molecule has 1 N–H and O–H groups in total. The van der Waals surface area contributed by atoms with Crippen LogP contribution in [0.2, 0.25) is 0 Å². The van der Waals surface area contributed by atoms with Crippen LogP contribution in [0.25, 0.3) is 44.6 Å². The van der Waals surface area contributed by atoms with Crippen LogP contribution in [0, 0.1) is 0 Å². The second kappa shape index (κ2) is 7.81. The van der Waals surface area contributed by atoms with Gasteiger partial charge in [0.2, 0.25) is 5.75 Å². The average Bonchev–Trinajstić information content (AvgIpc) is 3.48. The van der Waals surface area contributed by atoms with Gasteiger partial charge in [0, 0.05) is 35.0 Å². The zero-order valence-electron chi connectivity index (χ0n) is 18.1. The summed E-state index contributed by atoms with van der Waals surface area (Å²) in [6, 6.07) is 11.4. The fraction of sp³-hybridized carbons (Fsp3) is 0.167. The minimum absolute atomic E-state index is 0.520. The number of hydrogen-bond donors (Lipinski definition) is 1. The summed E-state index contributed by atoms with van der Waals surface area (Å²) < 4.78 is 28.3. The molecule has 162 valence electrons. The van der Waals surface area contributed by atoms with Crippen LogP contribution in [0.3, 0.4) is 0 Å². The van der Waals surface area contributed by atoms with Crippen molar-refractivity contribution in [3.05, 3.63) is 48.9 Å². The highest BCUT2D eigenvalue weighted by molar-refractivity contribution is 5.97. The van der Waals surface area contributed by atoms with Gasteiger partial charge < -0.3 is 28.3 Å². The molecule has 0 amide bonds. The van der Waals surface area contributed by atoms with Crippen LogP contribution in [-0.2, 0) is 0 Å². The second-order valence-corrected chi connectivity index (χ2v) is 7.07. The first-order chi connectivity index (χ1) is 15.7. The van der Waals surface area contributed by atoms with E-state index in [1.807, 2.05) is 36.4 Å². The molecule has 0 saturated heterocycles. The quantitative estimate of drug-likeness (QED) is 0.401. The Kier molecular flexibility index (Phi) is 4.82. The predicted molar refractivity (Wildman–Crippen MR) is 121 cm³/mol. The van der Waals surface area contributed by atoms with E-state index in [2.05, 4.69) is 15.0 Å². The maximum absolute atomic E-state index is 6.31. The summed E-state index contributed by atoms with van der Waals surface area (Å²) in [4.78, 5) is 12.0. The third kappa shape index (κ3) is 3.08. The lowest BCUT2D eigenvalue weighted by molar-refractivity contribution is 0.324. The lowest BCUT2D eigenvalue weighted by Gasteiger charge is -2.13. The molecule has 0 bridgehead atoms. The smallest absolute Gasteiger partial charge is 0.203 e. The van der Waals surface area contributed by atoms with Crippen molar-refractivity contribution >= 4 is 22.1 Å². The zero-order chi connectivity index (χ0) is 22.2. The molecule has 2 aromatic carbocycles. The van der Waals surface area contributed by atoms with Gasteiger partial charge in [0.1, 0.15) is 17.0 Å². The predicted octanol–water partition coefficient (Wildman–Crippen LogP) is 5.07. The van der Waals surface area contributed by atoms with Crippen LogP contribution in [0.15, 0.2) is 53.3 Å². The number of aromatic amines is 1. The van der Waals surface area contributed by atoms with Crippen molar-refractivity contribution in [2.75, 3.05) is 28.4 Å². The van der Waals surface area contributed by atoms with Gasteiger partial charge in [-0.3, -0.25) is 4.98 Å². The number of methoxy groups -OCH3 is 4. The van der Waals surface area contributed by atoms with Gasteiger partial charge in [-0.1, -0.05) is 0 Å². The van der Waals surface area contributed by atoms with Crippen LogP contribution >= 0.6 is 0 Å². The molecule has 0 fully saturated rings. The molecule has 0 saturated carbocycles. The third-order valence-corrected chi connectivity index (χ3v) is 5.39. The Morgan fingerprint density at radius 1 is 0.750 bits per heavy atom. The van der Waals surface area contributed by atoms with Gasteiger partial charge in [0.15, 0.2) is 17.1 Å². The number of hydrogen-bond acceptors (Lipinski definition) is 7. The molecule has 32 heavy (non-hydrogen) atoms. The fourth-order valence-corrected chi connectivity index (χ4v) is 3.86.